The molecule has 0 N–H and O–H groups in total. The normalized spacial score (nSPS) is 17.7. The van der Waals surface area contributed by atoms with E-state index in [0.29, 0.717) is 44.8 Å². The maximum atomic E-state index is 12.6. The van der Waals surface area contributed by atoms with Gasteiger partial charge >= 0.3 is 0 Å². The zero-order valence-corrected chi connectivity index (χ0v) is 22.7. The van der Waals surface area contributed by atoms with Gasteiger partial charge < -0.3 is 4.74 Å². The standard InChI is InChI=1S/C26H32N4O5S2/c1-36(31,32)26-14-21(4-7-25(26)35-19-20-8-12-29(13-9-20)37(2,33)34)16-28-17-22-5-6-24(15-23(22)18-28)30-11-3-10-27-30/h3-7,10-11,14-15,20H,8-9,12-13,16-19H2,1-2H3. The molecule has 0 spiro atoms. The highest BCUT2D eigenvalue weighted by molar-refractivity contribution is 7.90. The highest BCUT2D eigenvalue weighted by atomic mass is 32.2. The highest BCUT2D eigenvalue weighted by Crippen LogP contribution is 2.30. The zero-order chi connectivity index (χ0) is 26.2. The van der Waals surface area contributed by atoms with Crippen LogP contribution in [-0.4, -0.2) is 68.0 Å². The molecule has 5 rings (SSSR count). The lowest BCUT2D eigenvalue weighted by molar-refractivity contribution is 0.183. The SMILES string of the molecule is CS(=O)(=O)c1cc(CN2Cc3ccc(-n4cccn4)cc3C2)ccc1OCC1CCN(S(C)(=O)=O)CC1. The molecule has 1 aromatic heterocycles. The molecule has 37 heavy (non-hydrogen) atoms. The monoisotopic (exact) mass is 544 g/mol. The van der Waals surface area contributed by atoms with Gasteiger partial charge in [0.15, 0.2) is 9.84 Å². The van der Waals surface area contributed by atoms with E-state index in [0.717, 1.165) is 24.3 Å². The zero-order valence-electron chi connectivity index (χ0n) is 21.1. The molecular formula is C26H32N4O5S2. The van der Waals surface area contributed by atoms with Crippen LogP contribution in [0.2, 0.25) is 0 Å². The number of benzene rings is 2. The summed E-state index contributed by atoms with van der Waals surface area (Å²) in [5.41, 5.74) is 4.45. The molecule has 3 aromatic rings. The fourth-order valence-corrected chi connectivity index (χ4v) is 6.79. The van der Waals surface area contributed by atoms with Crippen molar-refractivity contribution in [2.45, 2.75) is 37.4 Å². The average molecular weight is 545 g/mol. The second kappa shape index (κ2) is 10.2. The number of fused-ring (bicyclic) bond motifs is 1. The van der Waals surface area contributed by atoms with Crippen LogP contribution < -0.4 is 4.74 Å². The van der Waals surface area contributed by atoms with Gasteiger partial charge in [-0.1, -0.05) is 12.1 Å². The number of hydrogen-bond acceptors (Lipinski definition) is 7. The van der Waals surface area contributed by atoms with Crippen molar-refractivity contribution in [3.05, 3.63) is 71.5 Å². The van der Waals surface area contributed by atoms with Gasteiger partial charge in [-0.05, 0) is 65.8 Å². The Morgan fingerprint density at radius 1 is 0.973 bits per heavy atom. The fourth-order valence-electron chi connectivity index (χ4n) is 5.06. The first-order chi connectivity index (χ1) is 17.6. The predicted molar refractivity (Wildman–Crippen MR) is 141 cm³/mol. The van der Waals surface area contributed by atoms with Crippen molar-refractivity contribution in [3.8, 4) is 11.4 Å². The van der Waals surface area contributed by atoms with Crippen molar-refractivity contribution < 1.29 is 21.6 Å². The number of sulfone groups is 1. The van der Waals surface area contributed by atoms with Crippen molar-refractivity contribution in [2.24, 2.45) is 5.92 Å². The van der Waals surface area contributed by atoms with E-state index in [-0.39, 0.29) is 10.8 Å². The summed E-state index contributed by atoms with van der Waals surface area (Å²) in [4.78, 5) is 2.48. The minimum Gasteiger partial charge on any atom is -0.492 e. The molecule has 1 saturated heterocycles. The van der Waals surface area contributed by atoms with E-state index in [1.807, 2.05) is 23.0 Å². The Bertz CT molecular complexity index is 1480. The van der Waals surface area contributed by atoms with Crippen molar-refractivity contribution in [1.29, 1.82) is 0 Å². The predicted octanol–water partition coefficient (Wildman–Crippen LogP) is 2.84. The molecule has 2 aromatic carbocycles. The smallest absolute Gasteiger partial charge is 0.211 e. The molecule has 1 fully saturated rings. The molecule has 0 bridgehead atoms. The summed E-state index contributed by atoms with van der Waals surface area (Å²) < 4.78 is 58.0. The summed E-state index contributed by atoms with van der Waals surface area (Å²) in [6, 6.07) is 13.6. The van der Waals surface area contributed by atoms with E-state index in [2.05, 4.69) is 28.2 Å². The van der Waals surface area contributed by atoms with Crippen LogP contribution in [-0.2, 0) is 39.5 Å². The van der Waals surface area contributed by atoms with Crippen molar-refractivity contribution in [1.82, 2.24) is 19.0 Å². The molecule has 3 heterocycles. The fraction of sp³-hybridized carbons (Fsp3) is 0.423. The van der Waals surface area contributed by atoms with Gasteiger partial charge in [-0.2, -0.15) is 5.10 Å². The molecule has 0 atom stereocenters. The topological polar surface area (TPSA) is 102 Å². The van der Waals surface area contributed by atoms with Gasteiger partial charge in [0.25, 0.3) is 0 Å². The Morgan fingerprint density at radius 3 is 2.41 bits per heavy atom. The summed E-state index contributed by atoms with van der Waals surface area (Å²) in [6.07, 6.45) is 7.49. The van der Waals surface area contributed by atoms with Gasteiger partial charge in [0, 0.05) is 51.4 Å². The van der Waals surface area contributed by atoms with Crippen molar-refractivity contribution in [3.63, 3.8) is 0 Å². The summed E-state index contributed by atoms with van der Waals surface area (Å²) in [5.74, 6) is 0.533. The summed E-state index contributed by atoms with van der Waals surface area (Å²) >= 11 is 0. The van der Waals surface area contributed by atoms with E-state index in [1.165, 1.54) is 27.9 Å². The number of ether oxygens (including phenoxy) is 1. The Morgan fingerprint density at radius 2 is 1.73 bits per heavy atom. The number of nitrogens with zero attached hydrogens (tertiary/aromatic N) is 4. The highest BCUT2D eigenvalue weighted by Gasteiger charge is 2.26. The number of hydrogen-bond donors (Lipinski definition) is 0. The lowest BCUT2D eigenvalue weighted by Crippen LogP contribution is -2.39. The van der Waals surface area contributed by atoms with Crippen LogP contribution in [0.4, 0.5) is 0 Å². The van der Waals surface area contributed by atoms with Crippen LogP contribution in [0.15, 0.2) is 59.8 Å². The molecule has 0 aliphatic carbocycles. The van der Waals surface area contributed by atoms with Gasteiger partial charge in [0.05, 0.1) is 18.6 Å². The second-order valence-electron chi connectivity index (χ2n) is 10.0. The molecule has 0 unspecified atom stereocenters. The molecule has 0 saturated carbocycles. The molecule has 2 aliphatic heterocycles. The largest absolute Gasteiger partial charge is 0.492 e. The minimum atomic E-state index is -3.50. The van der Waals surface area contributed by atoms with E-state index in [4.69, 9.17) is 4.74 Å². The van der Waals surface area contributed by atoms with Gasteiger partial charge in [-0.25, -0.2) is 25.8 Å². The lowest BCUT2D eigenvalue weighted by Gasteiger charge is -2.30. The molecule has 0 amide bonds. The maximum absolute atomic E-state index is 12.6. The lowest BCUT2D eigenvalue weighted by atomic mass is 9.99. The van der Waals surface area contributed by atoms with Crippen LogP contribution in [0, 0.1) is 5.92 Å². The molecule has 0 radical (unpaired) electrons. The van der Waals surface area contributed by atoms with Gasteiger partial charge in [-0.15, -0.1) is 0 Å². The van der Waals surface area contributed by atoms with Gasteiger partial charge in [0.2, 0.25) is 10.0 Å². The Hall–Kier alpha value is -2.73. The number of aromatic nitrogens is 2. The van der Waals surface area contributed by atoms with Crippen LogP contribution in [0.3, 0.4) is 0 Å². The third-order valence-corrected chi connectivity index (χ3v) is 9.50. The van der Waals surface area contributed by atoms with E-state index < -0.39 is 19.9 Å². The maximum Gasteiger partial charge on any atom is 0.211 e. The quantitative estimate of drug-likeness (QED) is 0.430. The first-order valence-corrected chi connectivity index (χ1v) is 16.1. The van der Waals surface area contributed by atoms with Crippen molar-refractivity contribution >= 4 is 19.9 Å². The number of piperidine rings is 1. The second-order valence-corrected chi connectivity index (χ2v) is 14.0. The number of rotatable bonds is 8. The summed E-state index contributed by atoms with van der Waals surface area (Å²) in [6.45, 7) is 3.49. The molecule has 9 nitrogen and oxygen atoms in total. The van der Waals surface area contributed by atoms with E-state index in [1.54, 1.807) is 18.3 Å². The van der Waals surface area contributed by atoms with Crippen LogP contribution in [0.25, 0.3) is 5.69 Å². The third-order valence-electron chi connectivity index (χ3n) is 7.08. The summed E-state index contributed by atoms with van der Waals surface area (Å²) in [7, 11) is -6.68. The average Bonchev–Trinajstić information content (AvgIpc) is 3.51. The van der Waals surface area contributed by atoms with E-state index in [9.17, 15) is 16.8 Å². The molecule has 198 valence electrons. The van der Waals surface area contributed by atoms with Crippen LogP contribution >= 0.6 is 0 Å². The first-order valence-electron chi connectivity index (χ1n) is 12.3. The third kappa shape index (κ3) is 6.06. The molecule has 2 aliphatic rings. The van der Waals surface area contributed by atoms with Crippen LogP contribution in [0.1, 0.15) is 29.5 Å². The Kier molecular flexibility index (Phi) is 7.14. The van der Waals surface area contributed by atoms with Gasteiger partial charge in [-0.3, -0.25) is 4.90 Å². The minimum absolute atomic E-state index is 0.180. The Balaban J connectivity index is 1.24. The molecule has 11 heteroatoms. The molecular weight excluding hydrogens is 512 g/mol. The number of sulfonamides is 1. The van der Waals surface area contributed by atoms with Crippen LogP contribution in [0.5, 0.6) is 5.75 Å². The first kappa shape index (κ1) is 25.9. The Labute approximate surface area is 218 Å². The van der Waals surface area contributed by atoms with E-state index >= 15 is 0 Å². The summed E-state index contributed by atoms with van der Waals surface area (Å²) in [5, 5.41) is 4.31. The van der Waals surface area contributed by atoms with Crippen molar-refractivity contribution in [2.75, 3.05) is 32.2 Å². The van der Waals surface area contributed by atoms with Gasteiger partial charge in [0.1, 0.15) is 10.6 Å².